The molecule has 0 amide bonds. The van der Waals surface area contributed by atoms with Crippen LogP contribution in [0.25, 0.3) is 0 Å². The average molecular weight is 575 g/mol. The molecule has 4 aliphatic carbocycles. The highest BCUT2D eigenvalue weighted by Gasteiger charge is 2.71. The Labute approximate surface area is 244 Å². The monoisotopic (exact) mass is 574 g/mol. The van der Waals surface area contributed by atoms with Gasteiger partial charge in [-0.1, -0.05) is 31.6 Å². The first-order valence-electron chi connectivity index (χ1n) is 15.6. The molecular weight excluding hydrogens is 524 g/mol. The molecule has 0 aromatic carbocycles. The van der Waals surface area contributed by atoms with Crippen LogP contribution in [0, 0.1) is 28.6 Å². The topological polar surface area (TPSA) is 112 Å². The highest BCUT2D eigenvalue weighted by molar-refractivity contribution is 5.88. The second kappa shape index (κ2) is 11.2. The number of aliphatic hydroxyl groups excluding tert-OH is 1. The van der Waals surface area contributed by atoms with E-state index in [0.29, 0.717) is 31.3 Å². The number of fused-ring (bicyclic) bond motifs is 5. The summed E-state index contributed by atoms with van der Waals surface area (Å²) in [5.74, 6) is -0.540. The lowest BCUT2D eigenvalue weighted by Crippen LogP contribution is -2.66. The molecule has 230 valence electrons. The average Bonchev–Trinajstić information content (AvgIpc) is 3.23. The van der Waals surface area contributed by atoms with Gasteiger partial charge >= 0.3 is 5.97 Å². The van der Waals surface area contributed by atoms with Gasteiger partial charge in [0, 0.05) is 30.4 Å². The fourth-order valence-corrected chi connectivity index (χ4v) is 9.37. The number of ether oxygens (including phenoxy) is 4. The summed E-state index contributed by atoms with van der Waals surface area (Å²) in [6.07, 6.45) is 7.25. The lowest BCUT2D eigenvalue weighted by atomic mass is 9.45. The van der Waals surface area contributed by atoms with Crippen molar-refractivity contribution in [3.63, 3.8) is 0 Å². The third kappa shape index (κ3) is 4.86. The van der Waals surface area contributed by atoms with Gasteiger partial charge in [-0.25, -0.2) is 4.79 Å². The van der Waals surface area contributed by atoms with E-state index in [1.807, 2.05) is 20.8 Å². The summed E-state index contributed by atoms with van der Waals surface area (Å²) in [6.45, 7) is 11.3. The van der Waals surface area contributed by atoms with Gasteiger partial charge in [0.25, 0.3) is 0 Å². The van der Waals surface area contributed by atoms with Crippen LogP contribution in [0.4, 0.5) is 0 Å². The molecule has 0 aromatic heterocycles. The molecule has 5 aliphatic rings. The maximum atomic E-state index is 13.1. The highest BCUT2D eigenvalue weighted by atomic mass is 16.7. The van der Waals surface area contributed by atoms with Gasteiger partial charge in [-0.2, -0.15) is 0 Å². The van der Waals surface area contributed by atoms with E-state index in [1.165, 1.54) is 5.57 Å². The smallest absolute Gasteiger partial charge is 0.333 e. The fraction of sp³-hybridized carbons (Fsp3) is 0.818. The molecular formula is C33H50O8. The number of esters is 1. The molecule has 1 heterocycles. The van der Waals surface area contributed by atoms with Gasteiger partial charge in [0.1, 0.15) is 18.0 Å². The van der Waals surface area contributed by atoms with E-state index in [4.69, 9.17) is 18.9 Å². The van der Waals surface area contributed by atoms with E-state index in [2.05, 4.69) is 13.0 Å². The van der Waals surface area contributed by atoms with Gasteiger partial charge in [-0.05, 0) is 89.9 Å². The number of carbonyl (C=O) groups is 2. The zero-order chi connectivity index (χ0) is 29.9. The summed E-state index contributed by atoms with van der Waals surface area (Å²) in [5.41, 5.74) is -0.220. The van der Waals surface area contributed by atoms with Gasteiger partial charge < -0.3 is 29.2 Å². The Morgan fingerprint density at radius 2 is 1.85 bits per heavy atom. The van der Waals surface area contributed by atoms with E-state index >= 15 is 0 Å². The standard InChI is InChI=1S/C33H50O8/c1-8-18(2)30(36)41-27-16-25-24(33(37)14-12-23(19(3)34)32(27,33)6)10-9-21-15-22(11-13-31(21,25)5)40-28-17-26(38-7)29(35)20(4)39-28/h8-9,20,22-29,35,37H,10-17H2,1-7H3/b18-8+/t20-,22+,23-,24-,25+,26+,27-,28+,29-,31+,32+,33+/m1/s1. The van der Waals surface area contributed by atoms with Gasteiger partial charge in [0.15, 0.2) is 6.29 Å². The molecule has 0 radical (unpaired) electrons. The Kier molecular flexibility index (Phi) is 8.40. The Bertz CT molecular complexity index is 1100. The fourth-order valence-electron chi connectivity index (χ4n) is 9.37. The minimum Gasteiger partial charge on any atom is -0.458 e. The zero-order valence-electron chi connectivity index (χ0n) is 25.9. The largest absolute Gasteiger partial charge is 0.458 e. The van der Waals surface area contributed by atoms with Crippen LogP contribution in [-0.2, 0) is 28.5 Å². The number of rotatable bonds is 6. The number of ketones is 1. The minimum atomic E-state index is -1.10. The minimum absolute atomic E-state index is 0.00712. The van der Waals surface area contributed by atoms with E-state index in [9.17, 15) is 19.8 Å². The number of aliphatic hydroxyl groups is 2. The quantitative estimate of drug-likeness (QED) is 0.268. The summed E-state index contributed by atoms with van der Waals surface area (Å²) >= 11 is 0. The summed E-state index contributed by atoms with van der Waals surface area (Å²) in [7, 11) is 1.61. The van der Waals surface area contributed by atoms with E-state index in [-0.39, 0.29) is 53.2 Å². The maximum Gasteiger partial charge on any atom is 0.333 e. The predicted octanol–water partition coefficient (Wildman–Crippen LogP) is 4.65. The third-order valence-corrected chi connectivity index (χ3v) is 12.1. The Morgan fingerprint density at radius 3 is 2.51 bits per heavy atom. The molecule has 4 fully saturated rings. The Balaban J connectivity index is 1.40. The van der Waals surface area contributed by atoms with Crippen LogP contribution in [-0.4, -0.2) is 71.5 Å². The zero-order valence-corrected chi connectivity index (χ0v) is 25.9. The Hall–Kier alpha value is -1.58. The molecule has 8 heteroatoms. The molecule has 1 aliphatic heterocycles. The first kappa shape index (κ1) is 30.9. The second-order valence-electron chi connectivity index (χ2n) is 13.9. The molecule has 12 atom stereocenters. The summed E-state index contributed by atoms with van der Waals surface area (Å²) < 4.78 is 24.1. The van der Waals surface area contributed by atoms with Gasteiger partial charge in [-0.3, -0.25) is 4.79 Å². The molecule has 0 spiro atoms. The third-order valence-electron chi connectivity index (χ3n) is 12.1. The lowest BCUT2D eigenvalue weighted by Gasteiger charge is -2.63. The molecule has 8 nitrogen and oxygen atoms in total. The van der Waals surface area contributed by atoms with E-state index in [0.717, 1.165) is 25.7 Å². The summed E-state index contributed by atoms with van der Waals surface area (Å²) in [4.78, 5) is 26.0. The predicted molar refractivity (Wildman–Crippen MR) is 153 cm³/mol. The second-order valence-corrected chi connectivity index (χ2v) is 13.9. The van der Waals surface area contributed by atoms with Crippen LogP contribution in [0.15, 0.2) is 23.3 Å². The molecule has 2 N–H and O–H groups in total. The van der Waals surface area contributed by atoms with Crippen molar-refractivity contribution < 1.29 is 38.7 Å². The molecule has 0 unspecified atom stereocenters. The summed E-state index contributed by atoms with van der Waals surface area (Å²) in [5, 5.41) is 22.9. The molecule has 1 saturated heterocycles. The van der Waals surface area contributed by atoms with Crippen molar-refractivity contribution in [3.05, 3.63) is 23.3 Å². The van der Waals surface area contributed by atoms with Crippen molar-refractivity contribution in [2.24, 2.45) is 28.6 Å². The number of allylic oxidation sites excluding steroid dienone is 2. The number of hydrogen-bond donors (Lipinski definition) is 2. The molecule has 5 rings (SSSR count). The van der Waals surface area contributed by atoms with Crippen molar-refractivity contribution in [1.29, 1.82) is 0 Å². The van der Waals surface area contributed by atoms with Crippen molar-refractivity contribution in [2.75, 3.05) is 7.11 Å². The van der Waals surface area contributed by atoms with Crippen LogP contribution < -0.4 is 0 Å². The van der Waals surface area contributed by atoms with E-state index < -0.39 is 29.5 Å². The number of hydrogen-bond acceptors (Lipinski definition) is 8. The number of carbonyl (C=O) groups excluding carboxylic acids is 2. The first-order chi connectivity index (χ1) is 19.3. The normalized spacial score (nSPS) is 48.0. The summed E-state index contributed by atoms with van der Waals surface area (Å²) in [6, 6.07) is 0. The lowest BCUT2D eigenvalue weighted by molar-refractivity contribution is -0.267. The maximum absolute atomic E-state index is 13.1. The molecule has 0 aromatic rings. The molecule has 3 saturated carbocycles. The first-order valence-corrected chi connectivity index (χ1v) is 15.6. The van der Waals surface area contributed by atoms with Gasteiger partial charge in [0.05, 0.1) is 23.9 Å². The molecule has 0 bridgehead atoms. The van der Waals surface area contributed by atoms with Crippen LogP contribution in [0.2, 0.25) is 0 Å². The molecule has 41 heavy (non-hydrogen) atoms. The van der Waals surface area contributed by atoms with Gasteiger partial charge in [0.2, 0.25) is 0 Å². The Morgan fingerprint density at radius 1 is 1.12 bits per heavy atom. The van der Waals surface area contributed by atoms with E-state index in [1.54, 1.807) is 27.0 Å². The van der Waals surface area contributed by atoms with Crippen molar-refractivity contribution in [3.8, 4) is 0 Å². The van der Waals surface area contributed by atoms with Crippen molar-refractivity contribution >= 4 is 11.8 Å². The van der Waals surface area contributed by atoms with Crippen molar-refractivity contribution in [2.45, 2.75) is 135 Å². The van der Waals surface area contributed by atoms with Crippen LogP contribution in [0.5, 0.6) is 0 Å². The SMILES string of the molecule is C/C=C(\C)C(=O)O[C@@H]1C[C@H]2[C@@H](CC=C3C[C@@H](O[C@H]4C[C@H](OC)[C@H](O)[C@@H](C)O4)CC[C@@]32C)[C@@]2(O)CC[C@H](C(C)=O)[C@@]12C. The van der Waals surface area contributed by atoms with Crippen LogP contribution in [0.1, 0.15) is 92.9 Å². The highest BCUT2D eigenvalue weighted by Crippen LogP contribution is 2.68. The van der Waals surface area contributed by atoms with Crippen molar-refractivity contribution in [1.82, 2.24) is 0 Å². The number of methoxy groups -OCH3 is 1. The van der Waals surface area contributed by atoms with Crippen LogP contribution >= 0.6 is 0 Å². The number of Topliss-reactive ketones (excluding diaryl/α,β-unsaturated/α-hetero) is 1. The van der Waals surface area contributed by atoms with Crippen LogP contribution in [0.3, 0.4) is 0 Å². The van der Waals surface area contributed by atoms with Gasteiger partial charge in [-0.15, -0.1) is 0 Å².